The van der Waals surface area contributed by atoms with Gasteiger partial charge in [0, 0.05) is 7.05 Å². The van der Waals surface area contributed by atoms with Gasteiger partial charge in [-0.25, -0.2) is 0 Å². The monoisotopic (exact) mass is 244 g/mol. The molecular formula is C14H20N4. The Hall–Kier alpha value is -1.68. The van der Waals surface area contributed by atoms with Crippen LogP contribution in [0.3, 0.4) is 0 Å². The molecule has 0 saturated carbocycles. The maximum Gasteiger partial charge on any atom is 0.0756 e. The summed E-state index contributed by atoms with van der Waals surface area (Å²) in [5.41, 5.74) is 5.07. The molecule has 1 aromatic carbocycles. The van der Waals surface area contributed by atoms with E-state index in [1.54, 1.807) is 0 Å². The minimum atomic E-state index is 0.242. The summed E-state index contributed by atoms with van der Waals surface area (Å²) in [4.78, 5) is 0. The molecule has 0 fully saturated rings. The lowest BCUT2D eigenvalue weighted by Gasteiger charge is -2.16. The number of nitrogens with zero attached hydrogens (tertiary/aromatic N) is 3. The predicted octanol–water partition coefficient (Wildman–Crippen LogP) is 1.94. The highest BCUT2D eigenvalue weighted by Gasteiger charge is 2.14. The highest BCUT2D eigenvalue weighted by molar-refractivity contribution is 5.29. The van der Waals surface area contributed by atoms with Crippen LogP contribution in [-0.2, 0) is 13.5 Å². The molecule has 2 rings (SSSR count). The third-order valence-electron chi connectivity index (χ3n) is 3.18. The third-order valence-corrected chi connectivity index (χ3v) is 3.18. The van der Waals surface area contributed by atoms with E-state index in [1.807, 2.05) is 25.0 Å². The number of likely N-dealkylation sites (N-methyl/N-ethyl adjacent to an activating group) is 1. The Bertz CT molecular complexity index is 510. The van der Waals surface area contributed by atoms with E-state index in [2.05, 4.69) is 47.7 Å². The van der Waals surface area contributed by atoms with Crippen molar-refractivity contribution < 1.29 is 0 Å². The fourth-order valence-electron chi connectivity index (χ4n) is 2.39. The van der Waals surface area contributed by atoms with Crippen molar-refractivity contribution in [3.05, 3.63) is 46.8 Å². The normalized spacial score (nSPS) is 12.7. The number of nitrogens with one attached hydrogen (secondary N) is 1. The lowest BCUT2D eigenvalue weighted by Crippen LogP contribution is -2.21. The van der Waals surface area contributed by atoms with Crippen molar-refractivity contribution in [2.24, 2.45) is 7.05 Å². The van der Waals surface area contributed by atoms with Crippen molar-refractivity contribution in [2.45, 2.75) is 26.3 Å². The lowest BCUT2D eigenvalue weighted by molar-refractivity contribution is 0.534. The first-order chi connectivity index (χ1) is 8.60. The van der Waals surface area contributed by atoms with Crippen LogP contribution in [0.5, 0.6) is 0 Å². The molecule has 0 saturated heterocycles. The van der Waals surface area contributed by atoms with Crippen LogP contribution in [0.4, 0.5) is 0 Å². The maximum absolute atomic E-state index is 3.99. The third kappa shape index (κ3) is 2.76. The number of hydrogen-bond acceptors (Lipinski definition) is 3. The van der Waals surface area contributed by atoms with E-state index in [1.165, 1.54) is 16.7 Å². The molecular weight excluding hydrogens is 224 g/mol. The molecule has 0 aliphatic carbocycles. The molecule has 1 unspecified atom stereocenters. The first-order valence-electron chi connectivity index (χ1n) is 6.19. The predicted molar refractivity (Wildman–Crippen MR) is 72.4 cm³/mol. The van der Waals surface area contributed by atoms with Crippen molar-refractivity contribution in [3.8, 4) is 0 Å². The number of rotatable bonds is 4. The Morgan fingerprint density at radius 1 is 1.22 bits per heavy atom. The lowest BCUT2D eigenvalue weighted by atomic mass is 10.00. The standard InChI is InChI=1S/C14H20N4/c1-10-5-11(2)7-12(6-10)8-13(15-3)14-9-16-17-18(14)4/h5-7,9,13,15H,8H2,1-4H3. The summed E-state index contributed by atoms with van der Waals surface area (Å²) in [7, 11) is 3.90. The van der Waals surface area contributed by atoms with Crippen molar-refractivity contribution in [1.29, 1.82) is 0 Å². The Morgan fingerprint density at radius 2 is 1.89 bits per heavy atom. The Morgan fingerprint density at radius 3 is 2.39 bits per heavy atom. The minimum Gasteiger partial charge on any atom is -0.311 e. The van der Waals surface area contributed by atoms with Gasteiger partial charge >= 0.3 is 0 Å². The average Bonchev–Trinajstić information content (AvgIpc) is 2.71. The first kappa shape index (κ1) is 12.8. The molecule has 0 spiro atoms. The SMILES string of the molecule is CNC(Cc1cc(C)cc(C)c1)c1cnnn1C. The van der Waals surface area contributed by atoms with E-state index in [-0.39, 0.29) is 6.04 Å². The van der Waals surface area contributed by atoms with Gasteiger partial charge in [-0.2, -0.15) is 0 Å². The zero-order valence-electron chi connectivity index (χ0n) is 11.4. The van der Waals surface area contributed by atoms with E-state index in [9.17, 15) is 0 Å². The fraction of sp³-hybridized carbons (Fsp3) is 0.429. The summed E-state index contributed by atoms with van der Waals surface area (Å²) in [6.07, 6.45) is 2.77. The van der Waals surface area contributed by atoms with Gasteiger partial charge in [0.05, 0.1) is 17.9 Å². The fourth-order valence-corrected chi connectivity index (χ4v) is 2.39. The zero-order chi connectivity index (χ0) is 13.1. The summed E-state index contributed by atoms with van der Waals surface area (Å²) >= 11 is 0. The second-order valence-corrected chi connectivity index (χ2v) is 4.82. The van der Waals surface area contributed by atoms with Crippen molar-refractivity contribution in [2.75, 3.05) is 7.05 Å². The van der Waals surface area contributed by atoms with Gasteiger partial charge in [0.1, 0.15) is 0 Å². The van der Waals surface area contributed by atoms with Crippen molar-refractivity contribution >= 4 is 0 Å². The summed E-state index contributed by atoms with van der Waals surface area (Å²) in [6, 6.07) is 6.91. The summed E-state index contributed by atoms with van der Waals surface area (Å²) in [6.45, 7) is 4.27. The highest BCUT2D eigenvalue weighted by Crippen LogP contribution is 2.18. The van der Waals surface area contributed by atoms with E-state index in [0.29, 0.717) is 0 Å². The molecule has 0 amide bonds. The Kier molecular flexibility index (Phi) is 3.77. The van der Waals surface area contributed by atoms with Gasteiger partial charge in [0.25, 0.3) is 0 Å². The van der Waals surface area contributed by atoms with Gasteiger partial charge in [0.2, 0.25) is 0 Å². The number of aryl methyl sites for hydroxylation is 3. The van der Waals surface area contributed by atoms with Crippen LogP contribution in [-0.4, -0.2) is 22.0 Å². The molecule has 0 bridgehead atoms. The smallest absolute Gasteiger partial charge is 0.0756 e. The molecule has 0 aliphatic rings. The molecule has 4 nitrogen and oxygen atoms in total. The molecule has 1 atom stereocenters. The van der Waals surface area contributed by atoms with Crippen LogP contribution in [0.1, 0.15) is 28.4 Å². The van der Waals surface area contributed by atoms with Gasteiger partial charge in [-0.15, -0.1) is 5.10 Å². The summed E-state index contributed by atoms with van der Waals surface area (Å²) in [5, 5.41) is 11.3. The van der Waals surface area contributed by atoms with Crippen LogP contribution >= 0.6 is 0 Å². The molecule has 96 valence electrons. The van der Waals surface area contributed by atoms with E-state index < -0.39 is 0 Å². The largest absolute Gasteiger partial charge is 0.311 e. The van der Waals surface area contributed by atoms with E-state index >= 15 is 0 Å². The molecule has 2 aromatic rings. The number of aromatic nitrogens is 3. The maximum atomic E-state index is 3.99. The van der Waals surface area contributed by atoms with Gasteiger partial charge in [-0.3, -0.25) is 4.68 Å². The molecule has 1 aromatic heterocycles. The zero-order valence-corrected chi connectivity index (χ0v) is 11.4. The second-order valence-electron chi connectivity index (χ2n) is 4.82. The van der Waals surface area contributed by atoms with E-state index in [0.717, 1.165) is 12.1 Å². The molecule has 0 aliphatic heterocycles. The van der Waals surface area contributed by atoms with Crippen LogP contribution in [0.15, 0.2) is 24.4 Å². The quantitative estimate of drug-likeness (QED) is 0.893. The molecule has 4 heteroatoms. The first-order valence-corrected chi connectivity index (χ1v) is 6.19. The Labute approximate surface area is 108 Å². The van der Waals surface area contributed by atoms with Gasteiger partial charge in [0.15, 0.2) is 0 Å². The van der Waals surface area contributed by atoms with Crippen LogP contribution in [0, 0.1) is 13.8 Å². The van der Waals surface area contributed by atoms with Crippen molar-refractivity contribution in [1.82, 2.24) is 20.3 Å². The van der Waals surface area contributed by atoms with Gasteiger partial charge in [-0.05, 0) is 32.9 Å². The van der Waals surface area contributed by atoms with Crippen LogP contribution in [0.25, 0.3) is 0 Å². The van der Waals surface area contributed by atoms with Crippen molar-refractivity contribution in [3.63, 3.8) is 0 Å². The summed E-state index contributed by atoms with van der Waals surface area (Å²) in [5.74, 6) is 0. The Balaban J connectivity index is 2.23. The molecule has 0 radical (unpaired) electrons. The second kappa shape index (κ2) is 5.31. The minimum absolute atomic E-state index is 0.242. The molecule has 18 heavy (non-hydrogen) atoms. The highest BCUT2D eigenvalue weighted by atomic mass is 15.4. The number of benzene rings is 1. The van der Waals surface area contributed by atoms with E-state index in [4.69, 9.17) is 0 Å². The summed E-state index contributed by atoms with van der Waals surface area (Å²) < 4.78 is 1.82. The van der Waals surface area contributed by atoms with Crippen LogP contribution < -0.4 is 5.32 Å². The van der Waals surface area contributed by atoms with Gasteiger partial charge < -0.3 is 5.32 Å². The average molecular weight is 244 g/mol. The topological polar surface area (TPSA) is 42.7 Å². The molecule has 1 N–H and O–H groups in total. The van der Waals surface area contributed by atoms with Gasteiger partial charge in [-0.1, -0.05) is 34.5 Å². The van der Waals surface area contributed by atoms with Crippen LogP contribution in [0.2, 0.25) is 0 Å². The molecule has 1 heterocycles. The number of hydrogen-bond donors (Lipinski definition) is 1.